The van der Waals surface area contributed by atoms with E-state index in [0.717, 1.165) is 24.2 Å². The predicted molar refractivity (Wildman–Crippen MR) is 98.7 cm³/mol. The molecule has 0 radical (unpaired) electrons. The molecule has 1 aromatic heterocycles. The molecular weight excluding hydrogens is 314 g/mol. The van der Waals surface area contributed by atoms with E-state index in [4.69, 9.17) is 4.74 Å². The van der Waals surface area contributed by atoms with E-state index in [1.165, 1.54) is 18.4 Å². The molecule has 0 aliphatic heterocycles. The van der Waals surface area contributed by atoms with Gasteiger partial charge >= 0.3 is 0 Å². The maximum absolute atomic E-state index is 9.63. The Balaban J connectivity index is 1.74. The maximum Gasteiger partial charge on any atom is 0.123 e. The van der Waals surface area contributed by atoms with Gasteiger partial charge in [0.15, 0.2) is 0 Å². The van der Waals surface area contributed by atoms with Crippen molar-refractivity contribution in [2.75, 3.05) is 13.7 Å². The summed E-state index contributed by atoms with van der Waals surface area (Å²) >= 11 is 0. The van der Waals surface area contributed by atoms with Crippen LogP contribution in [0.25, 0.3) is 0 Å². The molecule has 1 saturated carbocycles. The predicted octanol–water partition coefficient (Wildman–Crippen LogP) is 3.14. The quantitative estimate of drug-likeness (QED) is 0.811. The molecule has 5 heteroatoms. The Kier molecular flexibility index (Phi) is 6.10. The number of aromatic nitrogens is 2. The third kappa shape index (κ3) is 4.41. The molecular formula is C20H29N3O2. The maximum atomic E-state index is 9.63. The summed E-state index contributed by atoms with van der Waals surface area (Å²) in [6.45, 7) is 3.17. The lowest BCUT2D eigenvalue weighted by Gasteiger charge is -2.33. The zero-order valence-electron chi connectivity index (χ0n) is 15.2. The number of nitrogens with zero attached hydrogens (tertiary/aromatic N) is 2. The van der Waals surface area contributed by atoms with Gasteiger partial charge in [-0.05, 0) is 49.4 Å². The van der Waals surface area contributed by atoms with Crippen LogP contribution in [0.4, 0.5) is 0 Å². The summed E-state index contributed by atoms with van der Waals surface area (Å²) < 4.78 is 7.42. The highest BCUT2D eigenvalue weighted by Gasteiger charge is 2.26. The van der Waals surface area contributed by atoms with E-state index in [9.17, 15) is 5.11 Å². The topological polar surface area (TPSA) is 59.3 Å². The van der Waals surface area contributed by atoms with Gasteiger partial charge < -0.3 is 15.2 Å². The first-order chi connectivity index (χ1) is 12.2. The van der Waals surface area contributed by atoms with Crippen LogP contribution in [0.1, 0.15) is 49.8 Å². The van der Waals surface area contributed by atoms with Crippen LogP contribution in [0, 0.1) is 5.92 Å². The molecule has 0 bridgehead atoms. The first-order valence-corrected chi connectivity index (χ1v) is 9.22. The Morgan fingerprint density at radius 2 is 2.20 bits per heavy atom. The number of hydrogen-bond donors (Lipinski definition) is 2. The van der Waals surface area contributed by atoms with Crippen LogP contribution in [0.5, 0.6) is 5.75 Å². The van der Waals surface area contributed by atoms with E-state index >= 15 is 0 Å². The van der Waals surface area contributed by atoms with Crippen molar-refractivity contribution in [2.24, 2.45) is 5.92 Å². The average Bonchev–Trinajstić information content (AvgIpc) is 3.15. The summed E-state index contributed by atoms with van der Waals surface area (Å²) in [7, 11) is 1.71. The Hall–Kier alpha value is -1.85. The van der Waals surface area contributed by atoms with Gasteiger partial charge in [-0.1, -0.05) is 18.9 Å². The summed E-state index contributed by atoms with van der Waals surface area (Å²) in [5.41, 5.74) is 2.37. The number of nitrogens with one attached hydrogen (secondary N) is 1. The van der Waals surface area contributed by atoms with E-state index in [-0.39, 0.29) is 12.6 Å². The minimum absolute atomic E-state index is 0.236. The van der Waals surface area contributed by atoms with E-state index in [1.807, 2.05) is 23.0 Å². The third-order valence-corrected chi connectivity index (χ3v) is 5.30. The van der Waals surface area contributed by atoms with Crippen LogP contribution in [-0.2, 0) is 6.54 Å². The molecule has 1 heterocycles. The van der Waals surface area contributed by atoms with Crippen LogP contribution in [0.3, 0.4) is 0 Å². The zero-order chi connectivity index (χ0) is 17.6. The van der Waals surface area contributed by atoms with Crippen molar-refractivity contribution in [1.29, 1.82) is 0 Å². The highest BCUT2D eigenvalue weighted by atomic mass is 16.5. The second kappa shape index (κ2) is 8.50. The number of methoxy groups -OCH3 is 1. The number of benzene rings is 1. The van der Waals surface area contributed by atoms with Crippen LogP contribution >= 0.6 is 0 Å². The van der Waals surface area contributed by atoms with Crippen molar-refractivity contribution in [3.05, 3.63) is 47.8 Å². The van der Waals surface area contributed by atoms with Crippen molar-refractivity contribution in [3.8, 4) is 5.75 Å². The van der Waals surface area contributed by atoms with E-state index in [0.29, 0.717) is 18.5 Å². The lowest BCUT2D eigenvalue weighted by molar-refractivity contribution is 0.147. The van der Waals surface area contributed by atoms with Gasteiger partial charge in [0, 0.05) is 36.6 Å². The lowest BCUT2D eigenvalue weighted by Crippen LogP contribution is -2.41. The molecule has 25 heavy (non-hydrogen) atoms. The van der Waals surface area contributed by atoms with Crippen LogP contribution in [-0.4, -0.2) is 34.6 Å². The highest BCUT2D eigenvalue weighted by molar-refractivity contribution is 5.38. The van der Waals surface area contributed by atoms with Crippen LogP contribution in [0.2, 0.25) is 0 Å². The number of aliphatic hydroxyl groups is 1. The lowest BCUT2D eigenvalue weighted by atomic mass is 9.84. The molecule has 1 aliphatic carbocycles. The fourth-order valence-corrected chi connectivity index (χ4v) is 3.82. The van der Waals surface area contributed by atoms with Crippen molar-refractivity contribution in [3.63, 3.8) is 0 Å². The van der Waals surface area contributed by atoms with Crippen molar-refractivity contribution in [2.45, 2.75) is 51.2 Å². The second-order valence-corrected chi connectivity index (χ2v) is 7.00. The van der Waals surface area contributed by atoms with E-state index in [2.05, 4.69) is 29.5 Å². The number of ether oxygens (including phenoxy) is 1. The molecule has 0 saturated heterocycles. The first kappa shape index (κ1) is 18.0. The number of hydrogen-bond acceptors (Lipinski definition) is 4. The molecule has 2 N–H and O–H groups in total. The fraction of sp³-hybridized carbons (Fsp3) is 0.550. The van der Waals surface area contributed by atoms with Crippen molar-refractivity contribution >= 4 is 0 Å². The molecule has 3 atom stereocenters. The SMILES string of the molecule is COc1ccc(C(C)NC2CCCCC2CO)cc1Cn1cccn1. The van der Waals surface area contributed by atoms with Crippen molar-refractivity contribution < 1.29 is 9.84 Å². The Bertz CT molecular complexity index is 657. The van der Waals surface area contributed by atoms with Gasteiger partial charge in [-0.25, -0.2) is 0 Å². The third-order valence-electron chi connectivity index (χ3n) is 5.30. The molecule has 1 aliphatic rings. The molecule has 2 aromatic rings. The smallest absolute Gasteiger partial charge is 0.123 e. The summed E-state index contributed by atoms with van der Waals surface area (Å²) in [5, 5.41) is 17.7. The van der Waals surface area contributed by atoms with Crippen LogP contribution < -0.4 is 10.1 Å². The molecule has 0 spiro atoms. The van der Waals surface area contributed by atoms with Crippen LogP contribution in [0.15, 0.2) is 36.7 Å². The summed E-state index contributed by atoms with van der Waals surface area (Å²) in [4.78, 5) is 0. The second-order valence-electron chi connectivity index (χ2n) is 7.00. The van der Waals surface area contributed by atoms with E-state index < -0.39 is 0 Å². The minimum atomic E-state index is 0.236. The summed E-state index contributed by atoms with van der Waals surface area (Å²) in [6, 6.07) is 8.93. The van der Waals surface area contributed by atoms with Gasteiger partial charge in [-0.3, -0.25) is 4.68 Å². The molecule has 1 fully saturated rings. The Morgan fingerprint density at radius 3 is 2.92 bits per heavy atom. The molecule has 0 amide bonds. The normalized spacial score (nSPS) is 21.9. The van der Waals surface area contributed by atoms with E-state index in [1.54, 1.807) is 13.3 Å². The standard InChI is InChI=1S/C20H29N3O2/c1-15(22-19-7-4-3-6-17(19)14-24)16-8-9-20(25-2)18(12-16)13-23-11-5-10-21-23/h5,8-12,15,17,19,22,24H,3-4,6-7,13-14H2,1-2H3. The zero-order valence-corrected chi connectivity index (χ0v) is 15.2. The molecule has 3 unspecified atom stereocenters. The van der Waals surface area contributed by atoms with Gasteiger partial charge in [0.05, 0.1) is 13.7 Å². The molecule has 136 valence electrons. The number of aliphatic hydroxyl groups excluding tert-OH is 1. The summed E-state index contributed by atoms with van der Waals surface area (Å²) in [5.74, 6) is 1.26. The van der Waals surface area contributed by atoms with Crippen molar-refractivity contribution in [1.82, 2.24) is 15.1 Å². The van der Waals surface area contributed by atoms with Gasteiger partial charge in [0.2, 0.25) is 0 Å². The minimum Gasteiger partial charge on any atom is -0.496 e. The fourth-order valence-electron chi connectivity index (χ4n) is 3.82. The van der Waals surface area contributed by atoms with Gasteiger partial charge in [-0.2, -0.15) is 5.10 Å². The molecule has 3 rings (SSSR count). The van der Waals surface area contributed by atoms with Gasteiger partial charge in [-0.15, -0.1) is 0 Å². The Labute approximate surface area is 150 Å². The van der Waals surface area contributed by atoms with Gasteiger partial charge in [0.25, 0.3) is 0 Å². The summed E-state index contributed by atoms with van der Waals surface area (Å²) in [6.07, 6.45) is 8.49. The van der Waals surface area contributed by atoms with Gasteiger partial charge in [0.1, 0.15) is 5.75 Å². The number of rotatable bonds is 7. The first-order valence-electron chi connectivity index (χ1n) is 9.22. The average molecular weight is 343 g/mol. The molecule has 5 nitrogen and oxygen atoms in total. The largest absolute Gasteiger partial charge is 0.496 e. The Morgan fingerprint density at radius 1 is 1.36 bits per heavy atom. The highest BCUT2D eigenvalue weighted by Crippen LogP contribution is 2.28. The monoisotopic (exact) mass is 343 g/mol. The molecule has 1 aromatic carbocycles.